The fraction of sp³-hybridized carbons (Fsp3) is 0.190. The van der Waals surface area contributed by atoms with Gasteiger partial charge in [-0.05, 0) is 36.4 Å². The van der Waals surface area contributed by atoms with Gasteiger partial charge in [-0.25, -0.2) is 4.79 Å². The third kappa shape index (κ3) is 3.40. The lowest BCUT2D eigenvalue weighted by molar-refractivity contribution is -0.144. The van der Waals surface area contributed by atoms with Gasteiger partial charge in [0.15, 0.2) is 6.10 Å². The van der Waals surface area contributed by atoms with E-state index in [4.69, 9.17) is 4.74 Å². The number of fused-ring (bicyclic) bond motifs is 1. The van der Waals surface area contributed by atoms with Crippen LogP contribution in [-0.4, -0.2) is 17.2 Å². The summed E-state index contributed by atoms with van der Waals surface area (Å²) >= 11 is 0. The summed E-state index contributed by atoms with van der Waals surface area (Å²) in [7, 11) is 0. The number of rotatable bonds is 5. The molecule has 3 nitrogen and oxygen atoms in total. The Kier molecular flexibility index (Phi) is 4.52. The van der Waals surface area contributed by atoms with Gasteiger partial charge in [0.1, 0.15) is 5.75 Å². The molecule has 0 fully saturated rings. The van der Waals surface area contributed by atoms with Crippen LogP contribution in [0.3, 0.4) is 0 Å². The molecule has 0 aliphatic carbocycles. The van der Waals surface area contributed by atoms with E-state index >= 15 is 0 Å². The molecule has 0 radical (unpaired) electrons. The highest BCUT2D eigenvalue weighted by Gasteiger charge is 2.21. The van der Waals surface area contributed by atoms with Crippen LogP contribution in [0.15, 0.2) is 60.7 Å². The second kappa shape index (κ2) is 6.75. The number of aliphatic carboxylic acids is 1. The summed E-state index contributed by atoms with van der Waals surface area (Å²) in [5.74, 6) is -0.354. The van der Waals surface area contributed by atoms with Crippen molar-refractivity contribution in [1.82, 2.24) is 0 Å². The molecular weight excluding hydrogens is 300 g/mol. The van der Waals surface area contributed by atoms with Gasteiger partial charge in [0.25, 0.3) is 0 Å². The molecule has 3 heteroatoms. The molecule has 0 aliphatic rings. The third-order valence-electron chi connectivity index (χ3n) is 4.20. The summed E-state index contributed by atoms with van der Waals surface area (Å²) in [6.45, 7) is 4.03. The molecule has 3 rings (SSSR count). The minimum absolute atomic E-state index is 0.338. The average Bonchev–Trinajstić information content (AvgIpc) is 2.56. The van der Waals surface area contributed by atoms with E-state index in [9.17, 15) is 9.90 Å². The SMILES string of the molecule is Cc1ccc(C[C@H](Oc2cccc3ccccc23)C(=O)O)c(C)c1. The quantitative estimate of drug-likeness (QED) is 0.751. The van der Waals surface area contributed by atoms with Gasteiger partial charge in [-0.15, -0.1) is 0 Å². The Hall–Kier alpha value is -2.81. The van der Waals surface area contributed by atoms with Crippen LogP contribution in [-0.2, 0) is 11.2 Å². The molecule has 3 aromatic carbocycles. The lowest BCUT2D eigenvalue weighted by atomic mass is 10.0. The Labute approximate surface area is 141 Å². The number of hydrogen-bond donors (Lipinski definition) is 1. The molecule has 0 amide bonds. The van der Waals surface area contributed by atoms with Crippen LogP contribution >= 0.6 is 0 Å². The largest absolute Gasteiger partial charge is 0.478 e. The number of carboxylic acid groups (broad SMARTS) is 1. The smallest absolute Gasteiger partial charge is 0.345 e. The summed E-state index contributed by atoms with van der Waals surface area (Å²) in [6, 6.07) is 19.5. The predicted octanol–water partition coefficient (Wildman–Crippen LogP) is 4.53. The molecule has 24 heavy (non-hydrogen) atoms. The van der Waals surface area contributed by atoms with Crippen LogP contribution in [0.1, 0.15) is 16.7 Å². The van der Waals surface area contributed by atoms with Gasteiger partial charge in [0.05, 0.1) is 0 Å². The Balaban J connectivity index is 1.90. The van der Waals surface area contributed by atoms with E-state index in [1.54, 1.807) is 0 Å². The maximum absolute atomic E-state index is 11.7. The highest BCUT2D eigenvalue weighted by molar-refractivity contribution is 5.88. The number of carbonyl (C=O) groups is 1. The topological polar surface area (TPSA) is 46.5 Å². The third-order valence-corrected chi connectivity index (χ3v) is 4.20. The van der Waals surface area contributed by atoms with E-state index in [0.717, 1.165) is 27.5 Å². The first-order valence-corrected chi connectivity index (χ1v) is 7.98. The van der Waals surface area contributed by atoms with Gasteiger partial charge < -0.3 is 9.84 Å². The van der Waals surface area contributed by atoms with E-state index in [-0.39, 0.29) is 0 Å². The van der Waals surface area contributed by atoms with E-state index in [0.29, 0.717) is 12.2 Å². The van der Waals surface area contributed by atoms with E-state index in [2.05, 4.69) is 6.07 Å². The summed E-state index contributed by atoms with van der Waals surface area (Å²) < 4.78 is 5.88. The van der Waals surface area contributed by atoms with Crippen LogP contribution < -0.4 is 4.74 Å². The zero-order chi connectivity index (χ0) is 17.1. The maximum Gasteiger partial charge on any atom is 0.345 e. The van der Waals surface area contributed by atoms with E-state index in [1.807, 2.05) is 68.4 Å². The number of ether oxygens (including phenoxy) is 1. The standard InChI is InChI=1S/C21H20O3/c1-14-10-11-17(15(2)12-14)13-20(21(22)23)24-19-9-5-7-16-6-3-4-8-18(16)19/h3-12,20H,13H2,1-2H3,(H,22,23)/t20-/m0/s1. The predicted molar refractivity (Wildman–Crippen MR) is 95.6 cm³/mol. The van der Waals surface area contributed by atoms with Gasteiger partial charge in [-0.2, -0.15) is 0 Å². The second-order valence-corrected chi connectivity index (χ2v) is 6.06. The minimum atomic E-state index is -0.956. The van der Waals surface area contributed by atoms with Crippen molar-refractivity contribution >= 4 is 16.7 Å². The van der Waals surface area contributed by atoms with Crippen molar-refractivity contribution in [1.29, 1.82) is 0 Å². The van der Waals surface area contributed by atoms with Crippen molar-refractivity contribution < 1.29 is 14.6 Å². The van der Waals surface area contributed by atoms with Gasteiger partial charge in [0, 0.05) is 11.8 Å². The summed E-state index contributed by atoms with van der Waals surface area (Å²) in [5, 5.41) is 11.5. The lowest BCUT2D eigenvalue weighted by Crippen LogP contribution is -2.29. The van der Waals surface area contributed by atoms with Crippen molar-refractivity contribution in [3.63, 3.8) is 0 Å². The molecule has 122 valence electrons. The van der Waals surface area contributed by atoms with Gasteiger partial charge in [-0.1, -0.05) is 60.2 Å². The number of carboxylic acids is 1. The first-order valence-electron chi connectivity index (χ1n) is 7.98. The van der Waals surface area contributed by atoms with Crippen molar-refractivity contribution in [2.75, 3.05) is 0 Å². The highest BCUT2D eigenvalue weighted by atomic mass is 16.5. The molecule has 1 N–H and O–H groups in total. The summed E-state index contributed by atoms with van der Waals surface area (Å²) in [6.07, 6.45) is -0.581. The van der Waals surface area contributed by atoms with Crippen molar-refractivity contribution in [3.8, 4) is 5.75 Å². The Morgan fingerprint density at radius 2 is 1.79 bits per heavy atom. The molecule has 0 spiro atoms. The zero-order valence-corrected chi connectivity index (χ0v) is 13.8. The van der Waals surface area contributed by atoms with Crippen LogP contribution in [0.2, 0.25) is 0 Å². The van der Waals surface area contributed by atoms with Gasteiger partial charge in [-0.3, -0.25) is 0 Å². The molecular formula is C21H20O3. The minimum Gasteiger partial charge on any atom is -0.478 e. The van der Waals surface area contributed by atoms with E-state index in [1.165, 1.54) is 0 Å². The first kappa shape index (κ1) is 16.1. The molecule has 1 atom stereocenters. The summed E-state index contributed by atoms with van der Waals surface area (Å²) in [4.78, 5) is 11.7. The zero-order valence-electron chi connectivity index (χ0n) is 13.8. The second-order valence-electron chi connectivity index (χ2n) is 6.06. The van der Waals surface area contributed by atoms with Crippen LogP contribution in [0.25, 0.3) is 10.8 Å². The lowest BCUT2D eigenvalue weighted by Gasteiger charge is -2.18. The van der Waals surface area contributed by atoms with Crippen LogP contribution in [0.4, 0.5) is 0 Å². The molecule has 3 aromatic rings. The molecule has 0 saturated carbocycles. The average molecular weight is 320 g/mol. The molecule has 0 saturated heterocycles. The maximum atomic E-state index is 11.7. The summed E-state index contributed by atoms with van der Waals surface area (Å²) in [5.41, 5.74) is 3.24. The Bertz CT molecular complexity index is 878. The van der Waals surface area contributed by atoms with Gasteiger partial charge >= 0.3 is 5.97 Å². The number of hydrogen-bond acceptors (Lipinski definition) is 2. The monoisotopic (exact) mass is 320 g/mol. The number of benzene rings is 3. The molecule has 0 aliphatic heterocycles. The molecule has 0 unspecified atom stereocenters. The molecule has 0 bridgehead atoms. The van der Waals surface area contributed by atoms with E-state index < -0.39 is 12.1 Å². The van der Waals surface area contributed by atoms with Gasteiger partial charge in [0.2, 0.25) is 0 Å². The van der Waals surface area contributed by atoms with Crippen molar-refractivity contribution in [2.24, 2.45) is 0 Å². The fourth-order valence-corrected chi connectivity index (χ4v) is 2.91. The normalized spacial score (nSPS) is 12.1. The van der Waals surface area contributed by atoms with Crippen LogP contribution in [0, 0.1) is 13.8 Å². The molecule has 0 heterocycles. The van der Waals surface area contributed by atoms with Crippen molar-refractivity contribution in [3.05, 3.63) is 77.4 Å². The highest BCUT2D eigenvalue weighted by Crippen LogP contribution is 2.27. The number of aryl methyl sites for hydroxylation is 2. The van der Waals surface area contributed by atoms with Crippen molar-refractivity contribution in [2.45, 2.75) is 26.4 Å². The molecule has 0 aromatic heterocycles. The van der Waals surface area contributed by atoms with Crippen LogP contribution in [0.5, 0.6) is 5.75 Å². The Morgan fingerprint density at radius 1 is 1.04 bits per heavy atom. The Morgan fingerprint density at radius 3 is 2.54 bits per heavy atom. The first-order chi connectivity index (χ1) is 11.5. The fourth-order valence-electron chi connectivity index (χ4n) is 2.91.